The van der Waals surface area contributed by atoms with E-state index >= 15 is 0 Å². The molecule has 1 saturated heterocycles. The van der Waals surface area contributed by atoms with Crippen LogP contribution in [0.3, 0.4) is 0 Å². The van der Waals surface area contributed by atoms with Crippen LogP contribution in [0.25, 0.3) is 0 Å². The fourth-order valence-corrected chi connectivity index (χ4v) is 4.09. The second-order valence-electron chi connectivity index (χ2n) is 8.26. The Morgan fingerprint density at radius 3 is 2.50 bits per heavy atom. The molecule has 0 radical (unpaired) electrons. The molecule has 1 heterocycles. The van der Waals surface area contributed by atoms with E-state index in [1.165, 1.54) is 12.0 Å². The lowest BCUT2D eigenvalue weighted by Gasteiger charge is -2.32. The number of aliphatic imine (C=N–C) groups is 1. The molecule has 0 aromatic heterocycles. The first-order valence-electron chi connectivity index (χ1n) is 10.9. The van der Waals surface area contributed by atoms with E-state index in [1.807, 2.05) is 7.05 Å². The van der Waals surface area contributed by atoms with Gasteiger partial charge in [-0.05, 0) is 52.5 Å². The minimum Gasteiger partial charge on any atom is -0.373 e. The summed E-state index contributed by atoms with van der Waals surface area (Å²) in [6.45, 7) is 12.8. The number of nitrogens with one attached hydrogen (secondary N) is 2. The molecule has 2 N–H and O–H groups in total. The van der Waals surface area contributed by atoms with Crippen LogP contribution in [0.15, 0.2) is 35.3 Å². The first-order valence-corrected chi connectivity index (χ1v) is 10.9. The second kappa shape index (κ2) is 12.1. The van der Waals surface area contributed by atoms with Crippen LogP contribution >= 0.6 is 0 Å². The Balaban J connectivity index is 1.78. The molecular formula is C23H40N4O. The van der Waals surface area contributed by atoms with Crippen molar-refractivity contribution in [3.63, 3.8) is 0 Å². The lowest BCUT2D eigenvalue weighted by Crippen LogP contribution is -2.43. The summed E-state index contributed by atoms with van der Waals surface area (Å²) in [6.07, 6.45) is 3.59. The second-order valence-corrected chi connectivity index (χ2v) is 8.26. The zero-order valence-corrected chi connectivity index (χ0v) is 18.4. The van der Waals surface area contributed by atoms with Gasteiger partial charge in [0, 0.05) is 51.3 Å². The van der Waals surface area contributed by atoms with Crippen molar-refractivity contribution in [3.05, 3.63) is 35.9 Å². The summed E-state index contributed by atoms with van der Waals surface area (Å²) in [6, 6.07) is 11.8. The summed E-state index contributed by atoms with van der Waals surface area (Å²) in [4.78, 5) is 6.93. The summed E-state index contributed by atoms with van der Waals surface area (Å²) in [5, 5.41) is 6.99. The van der Waals surface area contributed by atoms with Crippen molar-refractivity contribution in [1.82, 2.24) is 15.5 Å². The van der Waals surface area contributed by atoms with Crippen LogP contribution in [0.5, 0.6) is 0 Å². The number of benzene rings is 1. The lowest BCUT2D eigenvalue weighted by atomic mass is 9.89. The Kier molecular flexibility index (Phi) is 9.79. The first-order chi connectivity index (χ1) is 13.5. The molecule has 1 aliphatic heterocycles. The van der Waals surface area contributed by atoms with Crippen LogP contribution in [0.2, 0.25) is 0 Å². The topological polar surface area (TPSA) is 48.9 Å². The third-order valence-electron chi connectivity index (χ3n) is 5.54. The fraction of sp³-hybridized carbons (Fsp3) is 0.696. The maximum absolute atomic E-state index is 6.11. The smallest absolute Gasteiger partial charge is 0.190 e. The van der Waals surface area contributed by atoms with Crippen LogP contribution in [0.4, 0.5) is 0 Å². The van der Waals surface area contributed by atoms with E-state index in [0.717, 1.165) is 45.0 Å². The number of guanidine groups is 1. The molecule has 0 saturated carbocycles. The highest BCUT2D eigenvalue weighted by molar-refractivity contribution is 5.79. The van der Waals surface area contributed by atoms with Crippen LogP contribution in [-0.4, -0.2) is 56.2 Å². The maximum atomic E-state index is 6.11. The van der Waals surface area contributed by atoms with E-state index in [4.69, 9.17) is 4.74 Å². The van der Waals surface area contributed by atoms with Crippen LogP contribution in [0.1, 0.15) is 58.6 Å². The summed E-state index contributed by atoms with van der Waals surface area (Å²) in [5.74, 6) is 1.35. The van der Waals surface area contributed by atoms with Gasteiger partial charge in [0.15, 0.2) is 5.96 Å². The molecule has 2 unspecified atom stereocenters. The van der Waals surface area contributed by atoms with E-state index in [2.05, 4.69) is 78.6 Å². The Morgan fingerprint density at radius 1 is 1.14 bits per heavy atom. The van der Waals surface area contributed by atoms with Gasteiger partial charge in [-0.2, -0.15) is 0 Å². The van der Waals surface area contributed by atoms with Crippen LogP contribution < -0.4 is 10.6 Å². The third kappa shape index (κ3) is 7.10. The van der Waals surface area contributed by atoms with Crippen LogP contribution in [0, 0.1) is 5.92 Å². The largest absolute Gasteiger partial charge is 0.373 e. The van der Waals surface area contributed by atoms with Gasteiger partial charge in [0.25, 0.3) is 0 Å². The number of rotatable bonds is 9. The van der Waals surface area contributed by atoms with Crippen molar-refractivity contribution >= 4 is 5.96 Å². The Morgan fingerprint density at radius 2 is 1.86 bits per heavy atom. The molecule has 2 atom stereocenters. The molecule has 158 valence electrons. The predicted molar refractivity (Wildman–Crippen MR) is 119 cm³/mol. The third-order valence-corrected chi connectivity index (χ3v) is 5.54. The molecule has 0 spiro atoms. The molecule has 5 nitrogen and oxygen atoms in total. The van der Waals surface area contributed by atoms with Crippen molar-refractivity contribution in [2.24, 2.45) is 10.9 Å². The van der Waals surface area contributed by atoms with Gasteiger partial charge in [-0.25, -0.2) is 0 Å². The molecular weight excluding hydrogens is 348 g/mol. The quantitative estimate of drug-likeness (QED) is 0.383. The Labute approximate surface area is 171 Å². The maximum Gasteiger partial charge on any atom is 0.190 e. The molecule has 1 aliphatic rings. The number of hydrogen-bond acceptors (Lipinski definition) is 3. The van der Waals surface area contributed by atoms with Crippen molar-refractivity contribution in [3.8, 4) is 0 Å². The molecule has 5 heteroatoms. The summed E-state index contributed by atoms with van der Waals surface area (Å²) in [7, 11) is 1.84. The fourth-order valence-electron chi connectivity index (χ4n) is 4.09. The first kappa shape index (κ1) is 22.7. The summed E-state index contributed by atoms with van der Waals surface area (Å²) < 4.78 is 6.11. The van der Waals surface area contributed by atoms with Gasteiger partial charge >= 0.3 is 0 Å². The van der Waals surface area contributed by atoms with Crippen molar-refractivity contribution in [2.75, 3.05) is 33.3 Å². The molecule has 1 aromatic carbocycles. The molecule has 1 aromatic rings. The molecule has 2 rings (SSSR count). The normalized spacial score (nSPS) is 20.8. The van der Waals surface area contributed by atoms with Crippen molar-refractivity contribution < 1.29 is 4.74 Å². The molecule has 1 fully saturated rings. The van der Waals surface area contributed by atoms with Gasteiger partial charge < -0.3 is 15.4 Å². The van der Waals surface area contributed by atoms with Gasteiger partial charge in [0.1, 0.15) is 0 Å². The average Bonchev–Trinajstić information content (AvgIpc) is 2.70. The molecule has 28 heavy (non-hydrogen) atoms. The molecule has 0 bridgehead atoms. The standard InChI is InChI=1S/C23H40N4O/c1-18(2)27(19(3)4)15-10-14-25-23(24-5)26-17-21-13-9-16-28-22(21)20-11-7-6-8-12-20/h6-8,11-12,18-19,21-22H,9-10,13-17H2,1-5H3,(H2,24,25,26). The highest BCUT2D eigenvalue weighted by atomic mass is 16.5. The zero-order valence-electron chi connectivity index (χ0n) is 18.4. The predicted octanol–water partition coefficient (Wildman–Crippen LogP) is 3.83. The highest BCUT2D eigenvalue weighted by Crippen LogP contribution is 2.32. The summed E-state index contributed by atoms with van der Waals surface area (Å²) >= 11 is 0. The van der Waals surface area contributed by atoms with Gasteiger partial charge in [-0.3, -0.25) is 9.89 Å². The average molecular weight is 389 g/mol. The highest BCUT2D eigenvalue weighted by Gasteiger charge is 2.27. The Hall–Kier alpha value is -1.59. The monoisotopic (exact) mass is 388 g/mol. The Bertz CT molecular complexity index is 565. The van der Waals surface area contributed by atoms with Crippen LogP contribution in [-0.2, 0) is 4.74 Å². The molecule has 0 amide bonds. The minimum atomic E-state index is 0.172. The minimum absolute atomic E-state index is 0.172. The van der Waals surface area contributed by atoms with E-state index < -0.39 is 0 Å². The van der Waals surface area contributed by atoms with Crippen molar-refractivity contribution in [2.45, 2.75) is 65.1 Å². The summed E-state index contributed by atoms with van der Waals surface area (Å²) in [5.41, 5.74) is 1.28. The molecule has 0 aliphatic carbocycles. The van der Waals surface area contributed by atoms with E-state index in [-0.39, 0.29) is 6.10 Å². The number of ether oxygens (including phenoxy) is 1. The van der Waals surface area contributed by atoms with Crippen molar-refractivity contribution in [1.29, 1.82) is 0 Å². The number of nitrogens with zero attached hydrogens (tertiary/aromatic N) is 2. The van der Waals surface area contributed by atoms with E-state index in [0.29, 0.717) is 18.0 Å². The number of hydrogen-bond donors (Lipinski definition) is 2. The van der Waals surface area contributed by atoms with Gasteiger partial charge in [0.05, 0.1) is 6.10 Å². The van der Waals surface area contributed by atoms with E-state index in [9.17, 15) is 0 Å². The van der Waals surface area contributed by atoms with E-state index in [1.54, 1.807) is 0 Å². The zero-order chi connectivity index (χ0) is 20.4. The van der Waals surface area contributed by atoms with Gasteiger partial charge in [-0.1, -0.05) is 30.3 Å². The van der Waals surface area contributed by atoms with Gasteiger partial charge in [-0.15, -0.1) is 0 Å². The van der Waals surface area contributed by atoms with Gasteiger partial charge in [0.2, 0.25) is 0 Å². The SMILES string of the molecule is CN=C(NCCCN(C(C)C)C(C)C)NCC1CCCOC1c1ccccc1. The lowest BCUT2D eigenvalue weighted by molar-refractivity contribution is -0.0265.